The van der Waals surface area contributed by atoms with Gasteiger partial charge in [0.1, 0.15) is 18.0 Å². The van der Waals surface area contributed by atoms with Gasteiger partial charge in [0.2, 0.25) is 0 Å². The molecule has 1 fully saturated rings. The summed E-state index contributed by atoms with van der Waals surface area (Å²) < 4.78 is 2.88. The second-order valence-corrected chi connectivity index (χ2v) is 6.02. The normalized spacial score (nSPS) is 20.2. The maximum absolute atomic E-state index is 4.46. The molecule has 20 heavy (non-hydrogen) atoms. The van der Waals surface area contributed by atoms with Crippen LogP contribution < -0.4 is 0 Å². The summed E-state index contributed by atoms with van der Waals surface area (Å²) in [7, 11) is 1.98. The van der Waals surface area contributed by atoms with Crippen LogP contribution >= 0.6 is 15.9 Å². The van der Waals surface area contributed by atoms with Crippen molar-refractivity contribution in [3.63, 3.8) is 0 Å². The highest BCUT2D eigenvalue weighted by atomic mass is 79.9. The molecule has 106 valence electrons. The molecule has 1 aliphatic heterocycles. The molecule has 0 aliphatic carbocycles. The van der Waals surface area contributed by atoms with Crippen LogP contribution in [0.5, 0.6) is 0 Å². The van der Waals surface area contributed by atoms with Crippen LogP contribution in [0, 0.1) is 0 Å². The number of piperidine rings is 1. The van der Waals surface area contributed by atoms with E-state index in [0.29, 0.717) is 0 Å². The fraction of sp³-hybridized carbons (Fsp3) is 0.538. The van der Waals surface area contributed by atoms with E-state index in [4.69, 9.17) is 0 Å². The molecular weight excluding hydrogens is 320 g/mol. The van der Waals surface area contributed by atoms with Crippen LogP contribution in [0.1, 0.15) is 37.0 Å². The lowest BCUT2D eigenvalue weighted by molar-refractivity contribution is 0.129. The Morgan fingerprint density at radius 2 is 2.10 bits per heavy atom. The molecule has 7 heteroatoms. The van der Waals surface area contributed by atoms with Gasteiger partial charge < -0.3 is 4.57 Å². The highest BCUT2D eigenvalue weighted by molar-refractivity contribution is 9.10. The summed E-state index contributed by atoms with van der Waals surface area (Å²) >= 11 is 3.38. The minimum Gasteiger partial charge on any atom is -0.320 e. The summed E-state index contributed by atoms with van der Waals surface area (Å²) in [6.07, 6.45) is 8.91. The van der Waals surface area contributed by atoms with E-state index in [1.807, 2.05) is 24.0 Å². The standard InChI is InChI=1S/C13H17BrN6/c1-19-9-17-18-12(19)8-20-5-3-2-4-11(20)13-15-6-10(14)7-16-13/h6-7,9,11H,2-5,8H2,1H3. The second kappa shape index (κ2) is 5.97. The Hall–Kier alpha value is -1.34. The molecule has 0 saturated carbocycles. The van der Waals surface area contributed by atoms with E-state index >= 15 is 0 Å². The van der Waals surface area contributed by atoms with Gasteiger partial charge >= 0.3 is 0 Å². The van der Waals surface area contributed by atoms with Gasteiger partial charge in [-0.15, -0.1) is 10.2 Å². The average molecular weight is 337 g/mol. The van der Waals surface area contributed by atoms with Crippen molar-refractivity contribution >= 4 is 15.9 Å². The second-order valence-electron chi connectivity index (χ2n) is 5.10. The summed E-state index contributed by atoms with van der Waals surface area (Å²) in [6.45, 7) is 1.84. The molecule has 0 bridgehead atoms. The predicted octanol–water partition coefficient (Wildman–Crippen LogP) is 2.09. The fourth-order valence-electron chi connectivity index (χ4n) is 2.60. The van der Waals surface area contributed by atoms with Crippen LogP contribution in [-0.2, 0) is 13.6 Å². The molecule has 1 unspecified atom stereocenters. The molecule has 0 radical (unpaired) electrons. The van der Waals surface area contributed by atoms with Crippen molar-refractivity contribution in [2.45, 2.75) is 31.8 Å². The first-order valence-electron chi connectivity index (χ1n) is 6.78. The third-order valence-electron chi connectivity index (χ3n) is 3.70. The minimum atomic E-state index is 0.272. The number of nitrogens with zero attached hydrogens (tertiary/aromatic N) is 6. The van der Waals surface area contributed by atoms with Gasteiger partial charge in [-0.1, -0.05) is 6.42 Å². The summed E-state index contributed by atoms with van der Waals surface area (Å²) in [5.41, 5.74) is 0. The monoisotopic (exact) mass is 336 g/mol. The van der Waals surface area contributed by atoms with E-state index in [9.17, 15) is 0 Å². The van der Waals surface area contributed by atoms with Gasteiger partial charge in [0.25, 0.3) is 0 Å². The molecule has 1 aliphatic rings. The molecule has 0 aromatic carbocycles. The molecule has 2 aromatic heterocycles. The van der Waals surface area contributed by atoms with Crippen molar-refractivity contribution in [1.29, 1.82) is 0 Å². The Kier molecular flexibility index (Phi) is 4.07. The molecule has 0 N–H and O–H groups in total. The lowest BCUT2D eigenvalue weighted by Crippen LogP contribution is -2.34. The third kappa shape index (κ3) is 2.88. The number of rotatable bonds is 3. The predicted molar refractivity (Wildman–Crippen MR) is 77.7 cm³/mol. The molecule has 1 atom stereocenters. The van der Waals surface area contributed by atoms with Crippen molar-refractivity contribution in [2.24, 2.45) is 7.05 Å². The van der Waals surface area contributed by atoms with Gasteiger partial charge in [-0.25, -0.2) is 9.97 Å². The Morgan fingerprint density at radius 3 is 2.80 bits per heavy atom. The number of likely N-dealkylation sites (tertiary alicyclic amines) is 1. The smallest absolute Gasteiger partial charge is 0.146 e. The van der Waals surface area contributed by atoms with Crippen LogP contribution in [0.4, 0.5) is 0 Å². The summed E-state index contributed by atoms with van der Waals surface area (Å²) in [6, 6.07) is 0.272. The quantitative estimate of drug-likeness (QED) is 0.858. The fourth-order valence-corrected chi connectivity index (χ4v) is 2.80. The lowest BCUT2D eigenvalue weighted by atomic mass is 10.0. The van der Waals surface area contributed by atoms with Crippen molar-refractivity contribution in [3.8, 4) is 0 Å². The van der Waals surface area contributed by atoms with E-state index in [0.717, 1.165) is 35.6 Å². The zero-order chi connectivity index (χ0) is 13.9. The summed E-state index contributed by atoms with van der Waals surface area (Å²) in [4.78, 5) is 11.3. The molecule has 0 spiro atoms. The number of hydrogen-bond donors (Lipinski definition) is 0. The molecular formula is C13H17BrN6. The highest BCUT2D eigenvalue weighted by Crippen LogP contribution is 2.29. The van der Waals surface area contributed by atoms with E-state index in [1.54, 1.807) is 6.33 Å². The van der Waals surface area contributed by atoms with E-state index < -0.39 is 0 Å². The lowest BCUT2D eigenvalue weighted by Gasteiger charge is -2.34. The maximum atomic E-state index is 4.46. The molecule has 6 nitrogen and oxygen atoms in total. The van der Waals surface area contributed by atoms with Gasteiger partial charge in [-0.05, 0) is 35.3 Å². The maximum Gasteiger partial charge on any atom is 0.146 e. The summed E-state index contributed by atoms with van der Waals surface area (Å²) in [5, 5.41) is 8.12. The molecule has 2 aromatic rings. The van der Waals surface area contributed by atoms with Gasteiger partial charge in [-0.2, -0.15) is 0 Å². The number of aromatic nitrogens is 5. The Bertz CT molecular complexity index is 566. The van der Waals surface area contributed by atoms with Gasteiger partial charge in [0, 0.05) is 19.4 Å². The van der Waals surface area contributed by atoms with E-state index in [-0.39, 0.29) is 6.04 Å². The average Bonchev–Trinajstić information content (AvgIpc) is 2.86. The van der Waals surface area contributed by atoms with Crippen LogP contribution in [0.3, 0.4) is 0 Å². The highest BCUT2D eigenvalue weighted by Gasteiger charge is 2.27. The Morgan fingerprint density at radius 1 is 1.30 bits per heavy atom. The number of aryl methyl sites for hydroxylation is 1. The first kappa shape index (κ1) is 13.6. The molecule has 3 rings (SSSR count). The van der Waals surface area contributed by atoms with Crippen LogP contribution in [0.2, 0.25) is 0 Å². The number of hydrogen-bond acceptors (Lipinski definition) is 5. The first-order chi connectivity index (χ1) is 9.74. The van der Waals surface area contributed by atoms with Gasteiger partial charge in [0.05, 0.1) is 17.1 Å². The van der Waals surface area contributed by atoms with Crippen molar-refractivity contribution in [1.82, 2.24) is 29.6 Å². The largest absolute Gasteiger partial charge is 0.320 e. The van der Waals surface area contributed by atoms with Crippen molar-refractivity contribution in [3.05, 3.63) is 34.8 Å². The zero-order valence-corrected chi connectivity index (χ0v) is 13.0. The number of halogens is 1. The van der Waals surface area contributed by atoms with Crippen LogP contribution in [0.25, 0.3) is 0 Å². The van der Waals surface area contributed by atoms with Crippen molar-refractivity contribution < 1.29 is 0 Å². The summed E-state index contributed by atoms with van der Waals surface area (Å²) in [5.74, 6) is 1.88. The van der Waals surface area contributed by atoms with Crippen LogP contribution in [-0.4, -0.2) is 36.2 Å². The SMILES string of the molecule is Cn1cnnc1CN1CCCCC1c1ncc(Br)cn1. The van der Waals surface area contributed by atoms with Crippen LogP contribution in [0.15, 0.2) is 23.2 Å². The topological polar surface area (TPSA) is 59.7 Å². The van der Waals surface area contributed by atoms with E-state index in [2.05, 4.69) is 41.0 Å². The van der Waals surface area contributed by atoms with Crippen molar-refractivity contribution in [2.75, 3.05) is 6.54 Å². The van der Waals surface area contributed by atoms with E-state index in [1.165, 1.54) is 12.8 Å². The zero-order valence-electron chi connectivity index (χ0n) is 11.4. The minimum absolute atomic E-state index is 0.272. The Labute approximate surface area is 126 Å². The first-order valence-corrected chi connectivity index (χ1v) is 7.57. The molecule has 0 amide bonds. The molecule has 3 heterocycles. The molecule has 1 saturated heterocycles. The van der Waals surface area contributed by atoms with Gasteiger partial charge in [0.15, 0.2) is 0 Å². The van der Waals surface area contributed by atoms with Gasteiger partial charge in [-0.3, -0.25) is 4.90 Å². The Balaban J connectivity index is 1.80. The third-order valence-corrected chi connectivity index (χ3v) is 4.11.